The Balaban J connectivity index is -0.00000000500. The van der Waals surface area contributed by atoms with Gasteiger partial charge in [0, 0.05) is 16.8 Å². The van der Waals surface area contributed by atoms with Gasteiger partial charge in [0.2, 0.25) is 0 Å². The van der Waals surface area contributed by atoms with Gasteiger partial charge in [0.15, 0.2) is 0 Å². The molecule has 0 saturated carbocycles. The van der Waals surface area contributed by atoms with E-state index >= 15 is 0 Å². The minimum atomic E-state index is 0. The number of hydrogen-bond donors (Lipinski definition) is 0. The van der Waals surface area contributed by atoms with E-state index in [1.807, 2.05) is 0 Å². The first-order chi connectivity index (χ1) is 1.00. The summed E-state index contributed by atoms with van der Waals surface area (Å²) < 4.78 is 0. The molecular formula is H3CoNiPS. The zero-order valence-corrected chi connectivity index (χ0v) is 6.02. The molecule has 0 spiro atoms. The van der Waals surface area contributed by atoms with E-state index in [0.29, 0.717) is 0 Å². The third-order valence-corrected chi connectivity index (χ3v) is 0. The molecule has 0 N–H and O–H groups in total. The van der Waals surface area contributed by atoms with Crippen molar-refractivity contribution >= 4 is 20.6 Å². The van der Waals surface area contributed by atoms with E-state index in [4.69, 9.17) is 0 Å². The van der Waals surface area contributed by atoms with Crippen LogP contribution in [0.5, 0.6) is 0 Å². The van der Waals surface area contributed by atoms with Crippen LogP contribution < -0.4 is 0 Å². The van der Waals surface area contributed by atoms with Gasteiger partial charge < -0.3 is 0 Å². The molecule has 0 aliphatic rings. The first kappa shape index (κ1) is 17.4. The summed E-state index contributed by atoms with van der Waals surface area (Å²) in [6.07, 6.45) is 0. The average Bonchev–Trinajstić information content (AvgIpc) is 1.00. The van der Waals surface area contributed by atoms with Crippen LogP contribution in [-0.4, -0.2) is 0 Å². The molecule has 0 heterocycles. The molecule has 4 heavy (non-hydrogen) atoms. The van der Waals surface area contributed by atoms with E-state index < -0.39 is 0 Å². The van der Waals surface area contributed by atoms with Gasteiger partial charge >= 0.3 is 24.5 Å². The maximum absolute atomic E-state index is 3.71. The fourth-order valence-electron chi connectivity index (χ4n) is 0. The van der Waals surface area contributed by atoms with Crippen LogP contribution in [0.3, 0.4) is 0 Å². The summed E-state index contributed by atoms with van der Waals surface area (Å²) in [6, 6.07) is 0. The summed E-state index contributed by atoms with van der Waals surface area (Å²) in [5.74, 6) is 0. The third kappa shape index (κ3) is 9.41. The van der Waals surface area contributed by atoms with Crippen molar-refractivity contribution in [3.05, 3.63) is 0 Å². The predicted molar refractivity (Wildman–Crippen MR) is 18.7 cm³/mol. The SMILES string of the molecule is P.[Co].[S]=[Ni]. The van der Waals surface area contributed by atoms with Gasteiger partial charge in [-0.2, -0.15) is 9.90 Å². The third-order valence-electron chi connectivity index (χ3n) is 0. The van der Waals surface area contributed by atoms with Crippen LogP contribution >= 0.6 is 20.6 Å². The summed E-state index contributed by atoms with van der Waals surface area (Å²) in [5, 5.41) is 0. The molecule has 0 nitrogen and oxygen atoms in total. The van der Waals surface area contributed by atoms with Gasteiger partial charge in [-0.05, 0) is 0 Å². The van der Waals surface area contributed by atoms with Crippen molar-refractivity contribution < 1.29 is 30.6 Å². The van der Waals surface area contributed by atoms with Gasteiger partial charge in [0.1, 0.15) is 0 Å². The van der Waals surface area contributed by atoms with Crippen molar-refractivity contribution in [2.24, 2.45) is 0 Å². The van der Waals surface area contributed by atoms with Gasteiger partial charge in [0.05, 0.1) is 0 Å². The molecule has 0 aliphatic carbocycles. The Kier molecular flexibility index (Phi) is 99.0. The Morgan fingerprint density at radius 1 is 1.25 bits per heavy atom. The van der Waals surface area contributed by atoms with Crippen LogP contribution in [-0.2, 0) is 30.6 Å². The van der Waals surface area contributed by atoms with E-state index in [2.05, 4.69) is 24.5 Å². The van der Waals surface area contributed by atoms with E-state index in [9.17, 15) is 0 Å². The Labute approximate surface area is 51.2 Å². The molecule has 1 radical (unpaired) electrons. The molecule has 0 aromatic carbocycles. The van der Waals surface area contributed by atoms with E-state index in [1.165, 1.54) is 0 Å². The fraction of sp³-hybridized carbons (Fsp3) is 0. The predicted octanol–water partition coefficient (Wildman–Crippen LogP) is 0.701. The van der Waals surface area contributed by atoms with E-state index in [-0.39, 0.29) is 26.7 Å². The van der Waals surface area contributed by atoms with Gasteiger partial charge in [-0.3, -0.25) is 0 Å². The molecule has 0 fully saturated rings. The molecule has 0 amide bonds. The van der Waals surface area contributed by atoms with Crippen molar-refractivity contribution in [3.63, 3.8) is 0 Å². The molecule has 0 aromatic heterocycles. The first-order valence-electron chi connectivity index (χ1n) is 0.129. The summed E-state index contributed by atoms with van der Waals surface area (Å²) in [4.78, 5) is 0. The van der Waals surface area contributed by atoms with Crippen molar-refractivity contribution in [1.29, 1.82) is 0 Å². The van der Waals surface area contributed by atoms with Gasteiger partial charge in [-0.25, -0.2) is 0 Å². The Hall–Kier alpha value is 1.65. The number of hydrogen-bond acceptors (Lipinski definition) is 1. The summed E-state index contributed by atoms with van der Waals surface area (Å²) in [7, 11) is 3.71. The Morgan fingerprint density at radius 3 is 1.25 bits per heavy atom. The first-order valence-corrected chi connectivity index (χ1v) is 1.60. The van der Waals surface area contributed by atoms with Crippen molar-refractivity contribution in [2.45, 2.75) is 0 Å². The molecule has 0 bridgehead atoms. The monoisotopic (exact) mass is 183 g/mol. The van der Waals surface area contributed by atoms with E-state index in [0.717, 1.165) is 0 Å². The van der Waals surface area contributed by atoms with Crippen LogP contribution in [0.25, 0.3) is 0 Å². The average molecular weight is 184 g/mol. The zero-order chi connectivity index (χ0) is 2.00. The van der Waals surface area contributed by atoms with Crippen molar-refractivity contribution in [3.8, 4) is 0 Å². The Bertz CT molecular complexity index is 8.00. The second-order valence-electron chi connectivity index (χ2n) is 0. The maximum atomic E-state index is 3.71. The number of rotatable bonds is 0. The van der Waals surface area contributed by atoms with Crippen LogP contribution in [0.1, 0.15) is 0 Å². The molecule has 1 unspecified atom stereocenters. The van der Waals surface area contributed by atoms with Gasteiger partial charge in [-0.1, -0.05) is 0 Å². The quantitative estimate of drug-likeness (QED) is 0.394. The van der Waals surface area contributed by atoms with Crippen LogP contribution in [0, 0.1) is 0 Å². The summed E-state index contributed by atoms with van der Waals surface area (Å²) in [6.45, 7) is 0. The second kappa shape index (κ2) is 22.8. The van der Waals surface area contributed by atoms with Gasteiger partial charge in [-0.15, -0.1) is 0 Å². The van der Waals surface area contributed by atoms with Gasteiger partial charge in [0.25, 0.3) is 0 Å². The molecule has 33 valence electrons. The molecular weight excluding hydrogens is 181 g/mol. The zero-order valence-electron chi connectivity index (χ0n) is 1.76. The normalized spacial score (nSPS) is 1.50. The molecule has 0 saturated heterocycles. The topological polar surface area (TPSA) is 0 Å². The van der Waals surface area contributed by atoms with Crippen molar-refractivity contribution in [1.82, 2.24) is 0 Å². The summed E-state index contributed by atoms with van der Waals surface area (Å²) >= 11 is 3.46. The molecule has 0 rings (SSSR count). The summed E-state index contributed by atoms with van der Waals surface area (Å²) in [5.41, 5.74) is 0. The molecule has 4 heteroatoms. The molecule has 0 aromatic rings. The second-order valence-corrected chi connectivity index (χ2v) is 0. The standard InChI is InChI=1S/Co.Ni.H3P.S/h;;1H3;. The van der Waals surface area contributed by atoms with Crippen molar-refractivity contribution in [2.75, 3.05) is 0 Å². The minimum absolute atomic E-state index is 0. The Morgan fingerprint density at radius 2 is 1.25 bits per heavy atom. The van der Waals surface area contributed by atoms with Crippen LogP contribution in [0.2, 0.25) is 0 Å². The molecule has 0 aliphatic heterocycles. The van der Waals surface area contributed by atoms with Crippen LogP contribution in [0.15, 0.2) is 0 Å². The van der Waals surface area contributed by atoms with Crippen LogP contribution in [0.4, 0.5) is 0 Å². The molecule has 1 atom stereocenters. The fourth-order valence-corrected chi connectivity index (χ4v) is 0. The van der Waals surface area contributed by atoms with E-state index in [1.54, 1.807) is 0 Å².